The van der Waals surface area contributed by atoms with Crippen LogP contribution in [0, 0.1) is 0 Å². The number of hydrogen-bond donors (Lipinski definition) is 2. The normalized spacial score (nSPS) is 21.8. The van der Waals surface area contributed by atoms with Crippen LogP contribution in [0.15, 0.2) is 29.3 Å². The van der Waals surface area contributed by atoms with Crippen LogP contribution in [0.2, 0.25) is 0 Å². The van der Waals surface area contributed by atoms with Crippen LogP contribution in [-0.2, 0) is 0 Å². The van der Waals surface area contributed by atoms with Crippen molar-refractivity contribution in [1.82, 2.24) is 5.32 Å². The second kappa shape index (κ2) is 8.45. The molecule has 5 nitrogen and oxygen atoms in total. The third-order valence-electron chi connectivity index (χ3n) is 3.99. The van der Waals surface area contributed by atoms with Crippen LogP contribution in [0.1, 0.15) is 32.1 Å². The van der Waals surface area contributed by atoms with Crippen LogP contribution >= 0.6 is 24.0 Å². The molecule has 1 heterocycles. The predicted molar refractivity (Wildman–Crippen MR) is 98.3 cm³/mol. The first-order valence-corrected chi connectivity index (χ1v) is 7.76. The Labute approximate surface area is 148 Å². The molecule has 1 aromatic carbocycles. The van der Waals surface area contributed by atoms with E-state index >= 15 is 0 Å². The summed E-state index contributed by atoms with van der Waals surface area (Å²) in [6, 6.07) is 8.18. The fraction of sp³-hybridized carbons (Fsp3) is 0.562. The molecule has 0 bridgehead atoms. The van der Waals surface area contributed by atoms with Gasteiger partial charge in [-0.25, -0.2) is 4.99 Å². The minimum absolute atomic E-state index is 0. The molecule has 0 amide bonds. The summed E-state index contributed by atoms with van der Waals surface area (Å²) in [4.78, 5) is 4.39. The van der Waals surface area contributed by atoms with Crippen molar-refractivity contribution in [2.45, 2.75) is 44.2 Å². The van der Waals surface area contributed by atoms with E-state index in [-0.39, 0.29) is 30.1 Å². The smallest absolute Gasteiger partial charge is 0.188 e. The van der Waals surface area contributed by atoms with E-state index < -0.39 is 0 Å². The zero-order valence-electron chi connectivity index (χ0n) is 12.7. The summed E-state index contributed by atoms with van der Waals surface area (Å²) in [5, 5.41) is 3.31. The summed E-state index contributed by atoms with van der Waals surface area (Å²) in [5.41, 5.74) is 5.96. The van der Waals surface area contributed by atoms with Crippen molar-refractivity contribution in [1.29, 1.82) is 0 Å². The number of nitrogens with two attached hydrogens (primary N) is 1. The fourth-order valence-corrected chi connectivity index (χ4v) is 2.85. The summed E-state index contributed by atoms with van der Waals surface area (Å²) in [6.45, 7) is 1.02. The molecular formula is C16H24IN3O2. The Hall–Kier alpha value is -1.18. The maximum Gasteiger partial charge on any atom is 0.188 e. The molecule has 1 aromatic rings. The molecule has 2 aliphatic rings. The van der Waals surface area contributed by atoms with E-state index in [0.717, 1.165) is 11.5 Å². The van der Waals surface area contributed by atoms with Crippen molar-refractivity contribution < 1.29 is 9.47 Å². The Balaban J connectivity index is 0.00000176. The highest BCUT2D eigenvalue weighted by Crippen LogP contribution is 2.30. The number of halogens is 1. The van der Waals surface area contributed by atoms with Gasteiger partial charge in [0.15, 0.2) is 23.6 Å². The topological polar surface area (TPSA) is 68.9 Å². The Kier molecular flexibility index (Phi) is 6.60. The number of ether oxygens (including phenoxy) is 2. The third kappa shape index (κ3) is 4.66. The van der Waals surface area contributed by atoms with Crippen molar-refractivity contribution in [3.8, 4) is 11.5 Å². The first-order valence-electron chi connectivity index (χ1n) is 7.76. The number of aliphatic imine (C=N–C) groups is 1. The third-order valence-corrected chi connectivity index (χ3v) is 3.99. The number of hydrogen-bond acceptors (Lipinski definition) is 3. The van der Waals surface area contributed by atoms with Gasteiger partial charge < -0.3 is 20.5 Å². The maximum atomic E-state index is 5.96. The van der Waals surface area contributed by atoms with Crippen molar-refractivity contribution in [2.75, 3.05) is 13.2 Å². The van der Waals surface area contributed by atoms with E-state index in [2.05, 4.69) is 10.3 Å². The molecule has 0 aromatic heterocycles. The highest BCUT2D eigenvalue weighted by molar-refractivity contribution is 14.0. The van der Waals surface area contributed by atoms with E-state index in [1.165, 1.54) is 32.1 Å². The second-order valence-electron chi connectivity index (χ2n) is 5.70. The number of guanidine groups is 1. The standard InChI is InChI=1S/C16H23N3O2.HI/c17-16(19-12-6-2-1-3-7-12)18-10-13-11-20-14-8-4-5-9-15(14)21-13;/h4-5,8-9,12-13H,1-3,6-7,10-11H2,(H3,17,18,19);1H. The number of nitrogens with one attached hydrogen (secondary N) is 1. The lowest BCUT2D eigenvalue weighted by Gasteiger charge is -2.26. The minimum Gasteiger partial charge on any atom is -0.486 e. The van der Waals surface area contributed by atoms with E-state index in [9.17, 15) is 0 Å². The molecule has 1 atom stereocenters. The Bertz CT molecular complexity index is 504. The van der Waals surface area contributed by atoms with Gasteiger partial charge in [-0.1, -0.05) is 31.4 Å². The van der Waals surface area contributed by atoms with Gasteiger partial charge in [0.1, 0.15) is 6.61 Å². The van der Waals surface area contributed by atoms with Gasteiger partial charge in [-0.3, -0.25) is 0 Å². The summed E-state index contributed by atoms with van der Waals surface area (Å²) in [7, 11) is 0. The Morgan fingerprint density at radius 2 is 1.91 bits per heavy atom. The van der Waals surface area contributed by atoms with Crippen molar-refractivity contribution >= 4 is 29.9 Å². The van der Waals surface area contributed by atoms with E-state index in [1.807, 2.05) is 24.3 Å². The zero-order valence-corrected chi connectivity index (χ0v) is 15.0. The number of fused-ring (bicyclic) bond motifs is 1. The van der Waals surface area contributed by atoms with Crippen LogP contribution in [0.25, 0.3) is 0 Å². The van der Waals surface area contributed by atoms with E-state index in [4.69, 9.17) is 15.2 Å². The Morgan fingerprint density at radius 3 is 2.68 bits per heavy atom. The quantitative estimate of drug-likeness (QED) is 0.451. The van der Waals surface area contributed by atoms with Gasteiger partial charge in [0.25, 0.3) is 0 Å². The predicted octanol–water partition coefficient (Wildman–Crippen LogP) is 2.68. The fourth-order valence-electron chi connectivity index (χ4n) is 2.85. The SMILES string of the molecule is I.NC(=NCC1COc2ccccc2O1)NC1CCCCC1. The monoisotopic (exact) mass is 417 g/mol. The molecule has 1 fully saturated rings. The highest BCUT2D eigenvalue weighted by Gasteiger charge is 2.20. The first kappa shape index (κ1) is 17.2. The van der Waals surface area contributed by atoms with Gasteiger partial charge in [-0.2, -0.15) is 0 Å². The van der Waals surface area contributed by atoms with Crippen LogP contribution < -0.4 is 20.5 Å². The van der Waals surface area contributed by atoms with Crippen LogP contribution in [0.3, 0.4) is 0 Å². The van der Waals surface area contributed by atoms with Gasteiger partial charge in [-0.05, 0) is 25.0 Å². The van der Waals surface area contributed by atoms with E-state index in [0.29, 0.717) is 25.2 Å². The minimum atomic E-state index is -0.0772. The number of para-hydroxylation sites is 2. The maximum absolute atomic E-state index is 5.96. The van der Waals surface area contributed by atoms with Crippen molar-refractivity contribution in [3.05, 3.63) is 24.3 Å². The average Bonchev–Trinajstić information content (AvgIpc) is 2.54. The largest absolute Gasteiger partial charge is 0.486 e. The summed E-state index contributed by atoms with van der Waals surface area (Å²) >= 11 is 0. The average molecular weight is 417 g/mol. The lowest BCUT2D eigenvalue weighted by molar-refractivity contribution is 0.0971. The second-order valence-corrected chi connectivity index (χ2v) is 5.70. The van der Waals surface area contributed by atoms with Crippen LogP contribution in [-0.4, -0.2) is 31.3 Å². The zero-order chi connectivity index (χ0) is 14.5. The molecule has 3 rings (SSSR count). The first-order chi connectivity index (χ1) is 10.3. The number of benzene rings is 1. The van der Waals surface area contributed by atoms with E-state index in [1.54, 1.807) is 0 Å². The molecule has 0 saturated heterocycles. The molecular weight excluding hydrogens is 393 g/mol. The van der Waals surface area contributed by atoms with Gasteiger partial charge in [0, 0.05) is 6.04 Å². The molecule has 22 heavy (non-hydrogen) atoms. The van der Waals surface area contributed by atoms with Crippen LogP contribution in [0.4, 0.5) is 0 Å². The molecule has 0 radical (unpaired) electrons. The molecule has 3 N–H and O–H groups in total. The molecule has 122 valence electrons. The summed E-state index contributed by atoms with van der Waals surface area (Å²) in [5.74, 6) is 2.10. The molecule has 0 spiro atoms. The van der Waals surface area contributed by atoms with Crippen molar-refractivity contribution in [3.63, 3.8) is 0 Å². The molecule has 6 heteroatoms. The molecule has 1 unspecified atom stereocenters. The summed E-state index contributed by atoms with van der Waals surface area (Å²) in [6.07, 6.45) is 6.19. The summed E-state index contributed by atoms with van der Waals surface area (Å²) < 4.78 is 11.5. The molecule has 1 aliphatic carbocycles. The molecule has 1 aliphatic heterocycles. The van der Waals surface area contributed by atoms with Gasteiger partial charge in [0.05, 0.1) is 6.54 Å². The van der Waals surface area contributed by atoms with Gasteiger partial charge in [-0.15, -0.1) is 24.0 Å². The number of nitrogens with zero attached hydrogens (tertiary/aromatic N) is 1. The van der Waals surface area contributed by atoms with Gasteiger partial charge >= 0.3 is 0 Å². The lowest BCUT2D eigenvalue weighted by Crippen LogP contribution is -2.42. The molecule has 1 saturated carbocycles. The van der Waals surface area contributed by atoms with Gasteiger partial charge in [0.2, 0.25) is 0 Å². The van der Waals surface area contributed by atoms with Crippen molar-refractivity contribution in [2.24, 2.45) is 10.7 Å². The lowest BCUT2D eigenvalue weighted by atomic mass is 9.96. The number of rotatable bonds is 3. The van der Waals surface area contributed by atoms with Crippen LogP contribution in [0.5, 0.6) is 11.5 Å². The Morgan fingerprint density at radius 1 is 1.18 bits per heavy atom. The highest BCUT2D eigenvalue weighted by atomic mass is 127.